The third-order valence-corrected chi connectivity index (χ3v) is 19.4. The van der Waals surface area contributed by atoms with Crippen molar-refractivity contribution in [3.05, 3.63) is 209 Å². The number of nitrogens with zero attached hydrogens (tertiary/aromatic N) is 4. The van der Waals surface area contributed by atoms with Gasteiger partial charge in [0.1, 0.15) is 46.1 Å². The minimum atomic E-state index is -0.523. The molecule has 7 unspecified atom stereocenters. The monoisotopic (exact) mass is 1720 g/mol. The fourth-order valence-corrected chi connectivity index (χ4v) is 9.33. The molecule has 7 atom stereocenters. The van der Waals surface area contributed by atoms with Crippen LogP contribution >= 0.6 is 0 Å². The molecule has 0 spiro atoms. The Morgan fingerprint density at radius 1 is 0.447 bits per heavy atom. The predicted molar refractivity (Wildman–Crippen MR) is 497 cm³/mol. The maximum absolute atomic E-state index is 12.0. The first-order chi connectivity index (χ1) is 58.7. The van der Waals surface area contributed by atoms with E-state index in [9.17, 15) is 19.2 Å². The molecule has 0 heterocycles. The molecular weight excluding hydrogens is 1560 g/mol. The summed E-state index contributed by atoms with van der Waals surface area (Å²) in [7, 11) is 0. The predicted octanol–water partition coefficient (Wildman–Crippen LogP) is 22.9. The fraction of sp³-hybridized carbons (Fsp3) is 0.600. The van der Waals surface area contributed by atoms with Gasteiger partial charge in [-0.05, 0) is 168 Å². The Balaban J connectivity index is -0.000000678. The highest BCUT2D eigenvalue weighted by molar-refractivity contribution is 5.89. The normalized spacial score (nSPS) is 12.1. The number of nitriles is 2. The van der Waals surface area contributed by atoms with Crippen molar-refractivity contribution in [1.29, 1.82) is 10.5 Å². The van der Waals surface area contributed by atoms with E-state index < -0.39 is 29.2 Å². The standard InChI is InChI=1S/C21H33NO4.C17H25NO2.C17H24O4.C15H22O2.C9H15NO3.C9H17NO2.2C6H11N/c1-7-20(3,4)17-9-11-18(12-10-17)21(5,6)22-19(23)26-16-15-25-14-13-24-8-2;1-6-12-20-16(19)18-17(4,5)15-10-8-14(9-11-15)13(3)7-2;1-4-14(3)15-6-8-16(9-7-15)17(18)21-13-12-20-11-10-19-5-2;1-4-13(3)17-11-10-16-12-15-8-6-14(5-2)7-9-15;1-3-8(2)12-6-7-13-9(11)4-5-10;1-3-9(2)12-8-7-11-6-4-5-10;2*1-4-6(2)5-7-3/h8-12H,2,7,13-16H2,1,3-6H3,(H,22,23);6,8-11,13H,1,7,12H2,2-5H3,(H,18,19);5-9,14H,2,4,10-13H2,1,3H3;5-9,13H,2,4,10-12H2,1,3H3;8H,3-4,6-7H2,1-2H3;9H,3-4,6-8H2,1-2H3;2*6H,4-5H2,1-2H3. The summed E-state index contributed by atoms with van der Waals surface area (Å²) in [6, 6.07) is 36.3. The Bertz CT molecular complexity index is 3480. The average Bonchev–Trinajstić information content (AvgIpc) is 0.850. The Kier molecular flexibility index (Phi) is 76.6. The van der Waals surface area contributed by atoms with Crippen molar-refractivity contribution in [3.63, 3.8) is 0 Å². The van der Waals surface area contributed by atoms with Gasteiger partial charge in [0, 0.05) is 11.8 Å². The first kappa shape index (κ1) is 120. The van der Waals surface area contributed by atoms with Gasteiger partial charge in [-0.25, -0.2) is 27.5 Å². The van der Waals surface area contributed by atoms with Crippen LogP contribution < -0.4 is 10.6 Å². The summed E-state index contributed by atoms with van der Waals surface area (Å²) in [6.07, 6.45) is 14.9. The number of esters is 2. The molecule has 0 aliphatic carbocycles. The van der Waals surface area contributed by atoms with Gasteiger partial charge in [-0.3, -0.25) is 4.79 Å². The van der Waals surface area contributed by atoms with E-state index in [1.807, 2.05) is 97.0 Å². The van der Waals surface area contributed by atoms with Gasteiger partial charge in [-0.1, -0.05) is 220 Å². The summed E-state index contributed by atoms with van der Waals surface area (Å²) in [5.41, 5.74) is 7.97. The van der Waals surface area contributed by atoms with Crippen molar-refractivity contribution >= 4 is 30.2 Å². The third-order valence-electron chi connectivity index (χ3n) is 19.4. The summed E-state index contributed by atoms with van der Waals surface area (Å²) < 4.78 is 67.1. The second-order valence-corrected chi connectivity index (χ2v) is 30.7. The number of alkyl carbamates (subject to hydrolysis) is 2. The lowest BCUT2D eigenvalue weighted by atomic mass is 9.81. The van der Waals surface area contributed by atoms with Crippen molar-refractivity contribution in [3.8, 4) is 12.1 Å². The molecule has 123 heavy (non-hydrogen) atoms. The summed E-state index contributed by atoms with van der Waals surface area (Å²) in [5, 5.41) is 22.1. The number of carbonyl (C=O) groups excluding carboxylic acids is 4. The molecule has 0 bridgehead atoms. The first-order valence-electron chi connectivity index (χ1n) is 43.6. The molecule has 4 rings (SSSR count). The second-order valence-electron chi connectivity index (χ2n) is 30.7. The van der Waals surface area contributed by atoms with E-state index in [1.165, 1.54) is 34.8 Å². The van der Waals surface area contributed by atoms with Gasteiger partial charge >= 0.3 is 24.1 Å². The molecule has 0 saturated carbocycles. The third kappa shape index (κ3) is 66.8. The maximum atomic E-state index is 12.0. The lowest BCUT2D eigenvalue weighted by Crippen LogP contribution is -2.41. The van der Waals surface area contributed by atoms with Crippen LogP contribution in [-0.4, -0.2) is 161 Å². The van der Waals surface area contributed by atoms with Gasteiger partial charge in [0.05, 0.1) is 139 Å². The van der Waals surface area contributed by atoms with Crippen LogP contribution in [0.3, 0.4) is 0 Å². The number of rotatable bonds is 52. The van der Waals surface area contributed by atoms with Crippen molar-refractivity contribution in [2.75, 3.05) is 119 Å². The summed E-state index contributed by atoms with van der Waals surface area (Å²) in [6.45, 7) is 79.7. The number of carbonyl (C=O) groups is 4. The number of nitrogens with one attached hydrogen (secondary N) is 2. The van der Waals surface area contributed by atoms with E-state index in [-0.39, 0.29) is 50.3 Å². The Morgan fingerprint density at radius 3 is 1.23 bits per heavy atom. The Morgan fingerprint density at radius 2 is 0.837 bits per heavy atom. The smallest absolute Gasteiger partial charge is 0.408 e. The van der Waals surface area contributed by atoms with E-state index >= 15 is 0 Å². The van der Waals surface area contributed by atoms with Crippen LogP contribution in [0.5, 0.6) is 0 Å². The van der Waals surface area contributed by atoms with Crippen molar-refractivity contribution in [2.45, 2.75) is 263 Å². The second kappa shape index (κ2) is 78.6. The van der Waals surface area contributed by atoms with Gasteiger partial charge in [0.15, 0.2) is 0 Å². The molecule has 2 amide bonds. The molecule has 23 heteroatoms. The molecule has 4 aromatic carbocycles. The van der Waals surface area contributed by atoms with Crippen LogP contribution in [-0.2, 0) is 89.5 Å². The van der Waals surface area contributed by atoms with Crippen molar-refractivity contribution in [1.82, 2.24) is 10.6 Å². The Hall–Kier alpha value is -9.40. The van der Waals surface area contributed by atoms with Gasteiger partial charge in [0.25, 0.3) is 0 Å². The van der Waals surface area contributed by atoms with Gasteiger partial charge in [-0.2, -0.15) is 10.5 Å². The highest BCUT2D eigenvalue weighted by atomic mass is 16.6. The van der Waals surface area contributed by atoms with Crippen LogP contribution in [0.4, 0.5) is 9.59 Å². The lowest BCUT2D eigenvalue weighted by molar-refractivity contribution is -0.144. The maximum Gasteiger partial charge on any atom is 0.408 e. The SMILES string of the molecule is C=CCOC(=O)NC(C)(C)c1ccc(C(C)CC)cc1.C=COCCOCCOC(=O)NC(C)(C)c1ccc(C(C)(C)CC)cc1.C=COCCOCCOC(=O)c1ccc(C(C)CC)cc1.C=Cc1ccc(COCCOC(C)CC)cc1.CCC(C)OCCOC(=O)CC#N.CCC(C)OCCOCCC#N.[C-]#[N+]CC(C)CC.[C-]#[N+]CC(C)CC. The molecule has 2 N–H and O–H groups in total. The summed E-state index contributed by atoms with van der Waals surface area (Å²) in [4.78, 5) is 52.6. The summed E-state index contributed by atoms with van der Waals surface area (Å²) in [5.74, 6) is 1.43. The quantitative estimate of drug-likeness (QED) is 0.0104. The highest BCUT2D eigenvalue weighted by Gasteiger charge is 2.26. The lowest BCUT2D eigenvalue weighted by Gasteiger charge is -2.28. The van der Waals surface area contributed by atoms with Gasteiger partial charge < -0.3 is 81.9 Å². The molecule has 0 saturated heterocycles. The fourth-order valence-electron chi connectivity index (χ4n) is 9.33. The van der Waals surface area contributed by atoms with Gasteiger partial charge in [0.2, 0.25) is 13.1 Å². The van der Waals surface area contributed by atoms with E-state index in [1.54, 1.807) is 12.1 Å². The van der Waals surface area contributed by atoms with Crippen molar-refractivity contribution in [2.24, 2.45) is 11.8 Å². The minimum Gasteiger partial charge on any atom is -0.499 e. The zero-order chi connectivity index (χ0) is 93.6. The molecule has 0 aliphatic rings. The molecule has 0 aromatic heterocycles. The number of amides is 2. The molecule has 0 aliphatic heterocycles. The molecule has 4 aromatic rings. The topological polar surface area (TPSA) is 269 Å². The molecular formula is C100H158N6O17. The number of benzene rings is 4. The van der Waals surface area contributed by atoms with Gasteiger partial charge in [-0.15, -0.1) is 0 Å². The van der Waals surface area contributed by atoms with E-state index in [4.69, 9.17) is 85.2 Å². The average molecular weight is 1720 g/mol. The number of hydrogen-bond donors (Lipinski definition) is 2. The largest absolute Gasteiger partial charge is 0.499 e. The van der Waals surface area contributed by atoms with E-state index in [0.29, 0.717) is 147 Å². The van der Waals surface area contributed by atoms with Crippen LogP contribution in [0.2, 0.25) is 0 Å². The Labute approximate surface area is 743 Å². The number of hydrogen-bond acceptors (Lipinski definition) is 19. The van der Waals surface area contributed by atoms with Crippen LogP contribution in [0, 0.1) is 47.6 Å². The van der Waals surface area contributed by atoms with Crippen LogP contribution in [0.25, 0.3) is 15.8 Å². The summed E-state index contributed by atoms with van der Waals surface area (Å²) >= 11 is 0. The number of ether oxygens (including phenoxy) is 13. The minimum absolute atomic E-state index is 0.145. The molecule has 23 nitrogen and oxygen atoms in total. The van der Waals surface area contributed by atoms with Crippen LogP contribution in [0.15, 0.2) is 142 Å². The first-order valence-corrected chi connectivity index (χ1v) is 43.6. The highest BCUT2D eigenvalue weighted by Crippen LogP contribution is 2.30. The molecule has 690 valence electrons. The molecule has 0 fully saturated rings. The molecule has 0 radical (unpaired) electrons. The van der Waals surface area contributed by atoms with Crippen molar-refractivity contribution < 1.29 is 80.8 Å². The van der Waals surface area contributed by atoms with Crippen LogP contribution in [0.1, 0.15) is 271 Å². The van der Waals surface area contributed by atoms with E-state index in [2.05, 4.69) is 204 Å². The zero-order valence-corrected chi connectivity index (χ0v) is 79.2. The zero-order valence-electron chi connectivity index (χ0n) is 79.2. The van der Waals surface area contributed by atoms with E-state index in [0.717, 1.165) is 68.1 Å².